The Labute approximate surface area is 147 Å². The number of alkyl halides is 3. The quantitative estimate of drug-likeness (QED) is 0.723. The van der Waals surface area contributed by atoms with Gasteiger partial charge in [0, 0.05) is 25.0 Å². The zero-order valence-corrected chi connectivity index (χ0v) is 13.7. The molecule has 0 saturated carbocycles. The summed E-state index contributed by atoms with van der Waals surface area (Å²) in [6.07, 6.45) is -2.75. The number of amides is 1. The molecule has 2 N–H and O–H groups in total. The van der Waals surface area contributed by atoms with Gasteiger partial charge in [0.15, 0.2) is 5.82 Å². The molecular formula is C18H15F3N4O. The van der Waals surface area contributed by atoms with Gasteiger partial charge in [0.05, 0.1) is 16.8 Å². The summed E-state index contributed by atoms with van der Waals surface area (Å²) in [5, 5.41) is 9.59. The van der Waals surface area contributed by atoms with Crippen LogP contribution < -0.4 is 10.6 Å². The number of hydrogen-bond acceptors (Lipinski definition) is 3. The predicted octanol–water partition coefficient (Wildman–Crippen LogP) is 4.43. The summed E-state index contributed by atoms with van der Waals surface area (Å²) in [4.78, 5) is 12.5. The van der Waals surface area contributed by atoms with Gasteiger partial charge in [-0.15, -0.1) is 0 Å². The van der Waals surface area contributed by atoms with Gasteiger partial charge in [-0.1, -0.05) is 18.2 Å². The van der Waals surface area contributed by atoms with E-state index in [-0.39, 0.29) is 11.3 Å². The van der Waals surface area contributed by atoms with Crippen molar-refractivity contribution in [2.75, 3.05) is 10.6 Å². The van der Waals surface area contributed by atoms with Gasteiger partial charge in [0.1, 0.15) is 0 Å². The smallest absolute Gasteiger partial charge is 0.355 e. The van der Waals surface area contributed by atoms with Crippen molar-refractivity contribution in [3.63, 3.8) is 0 Å². The number of aromatic nitrogens is 2. The van der Waals surface area contributed by atoms with Gasteiger partial charge in [-0.3, -0.25) is 9.48 Å². The molecule has 8 heteroatoms. The predicted molar refractivity (Wildman–Crippen MR) is 92.3 cm³/mol. The van der Waals surface area contributed by atoms with Crippen LogP contribution in [0.5, 0.6) is 0 Å². The van der Waals surface area contributed by atoms with Crippen molar-refractivity contribution in [2.24, 2.45) is 7.05 Å². The van der Waals surface area contributed by atoms with Crippen molar-refractivity contribution in [3.8, 4) is 0 Å². The molecule has 1 heterocycles. The molecule has 0 aliphatic carbocycles. The first-order valence-electron chi connectivity index (χ1n) is 7.67. The normalized spacial score (nSPS) is 11.2. The van der Waals surface area contributed by atoms with Crippen LogP contribution in [-0.2, 0) is 13.2 Å². The maximum Gasteiger partial charge on any atom is 0.416 e. The molecular weight excluding hydrogens is 345 g/mol. The second kappa shape index (κ2) is 6.91. The second-order valence-electron chi connectivity index (χ2n) is 5.58. The summed E-state index contributed by atoms with van der Waals surface area (Å²) in [6, 6.07) is 13.0. The van der Waals surface area contributed by atoms with Crippen LogP contribution in [0.4, 0.5) is 30.4 Å². The monoisotopic (exact) mass is 360 g/mol. The van der Waals surface area contributed by atoms with Crippen LogP contribution in [0.2, 0.25) is 0 Å². The zero-order valence-electron chi connectivity index (χ0n) is 13.7. The molecule has 3 aromatic rings. The average Bonchev–Trinajstić information content (AvgIpc) is 2.99. The van der Waals surface area contributed by atoms with Crippen molar-refractivity contribution in [2.45, 2.75) is 6.18 Å². The van der Waals surface area contributed by atoms with E-state index < -0.39 is 17.6 Å². The van der Waals surface area contributed by atoms with E-state index in [2.05, 4.69) is 15.7 Å². The minimum atomic E-state index is -4.44. The largest absolute Gasteiger partial charge is 0.416 e. The molecule has 5 nitrogen and oxygen atoms in total. The summed E-state index contributed by atoms with van der Waals surface area (Å²) in [7, 11) is 1.72. The van der Waals surface area contributed by atoms with Crippen molar-refractivity contribution >= 4 is 23.1 Å². The van der Waals surface area contributed by atoms with Crippen LogP contribution >= 0.6 is 0 Å². The highest BCUT2D eigenvalue weighted by Crippen LogP contribution is 2.32. The number of anilines is 3. The standard InChI is InChI=1S/C18H15F3N4O/c1-25-10-9-16(24-25)23-17(26)14-7-2-3-8-15(14)22-13-6-4-5-12(11-13)18(19,20)21/h2-11,22H,1H3,(H,23,24,26). The van der Waals surface area contributed by atoms with Gasteiger partial charge < -0.3 is 10.6 Å². The van der Waals surface area contributed by atoms with E-state index in [0.29, 0.717) is 11.5 Å². The Morgan fingerprint density at radius 3 is 2.54 bits per heavy atom. The lowest BCUT2D eigenvalue weighted by Crippen LogP contribution is -2.14. The molecule has 3 rings (SSSR count). The van der Waals surface area contributed by atoms with Gasteiger partial charge in [0.25, 0.3) is 5.91 Å². The molecule has 0 bridgehead atoms. The topological polar surface area (TPSA) is 59.0 Å². The molecule has 0 aliphatic heterocycles. The second-order valence-corrected chi connectivity index (χ2v) is 5.58. The van der Waals surface area contributed by atoms with E-state index in [0.717, 1.165) is 12.1 Å². The number of nitrogens with zero attached hydrogens (tertiary/aromatic N) is 2. The number of rotatable bonds is 4. The first-order valence-corrected chi connectivity index (χ1v) is 7.67. The number of aryl methyl sites for hydroxylation is 1. The van der Waals surface area contributed by atoms with Crippen LogP contribution in [0.1, 0.15) is 15.9 Å². The molecule has 0 fully saturated rings. The molecule has 1 aromatic heterocycles. The van der Waals surface area contributed by atoms with E-state index >= 15 is 0 Å². The maximum absolute atomic E-state index is 12.9. The summed E-state index contributed by atoms with van der Waals surface area (Å²) in [5.74, 6) is -0.0369. The molecule has 0 unspecified atom stereocenters. The number of carbonyl (C=O) groups excluding carboxylic acids is 1. The summed E-state index contributed by atoms with van der Waals surface area (Å²) in [6.45, 7) is 0. The van der Waals surface area contributed by atoms with Crippen LogP contribution in [0.15, 0.2) is 60.8 Å². The van der Waals surface area contributed by atoms with Crippen molar-refractivity contribution in [3.05, 3.63) is 71.9 Å². The van der Waals surface area contributed by atoms with E-state index in [1.165, 1.54) is 12.1 Å². The van der Waals surface area contributed by atoms with Gasteiger partial charge in [-0.2, -0.15) is 18.3 Å². The van der Waals surface area contributed by atoms with Crippen LogP contribution in [0.3, 0.4) is 0 Å². The zero-order chi connectivity index (χ0) is 18.7. The highest BCUT2D eigenvalue weighted by Gasteiger charge is 2.30. The third-order valence-electron chi connectivity index (χ3n) is 3.60. The van der Waals surface area contributed by atoms with Crippen LogP contribution in [-0.4, -0.2) is 15.7 Å². The minimum absolute atomic E-state index is 0.234. The van der Waals surface area contributed by atoms with Gasteiger partial charge in [-0.05, 0) is 30.3 Å². The summed E-state index contributed by atoms with van der Waals surface area (Å²) >= 11 is 0. The van der Waals surface area contributed by atoms with Crippen molar-refractivity contribution in [1.29, 1.82) is 0 Å². The first-order chi connectivity index (χ1) is 12.3. The van der Waals surface area contributed by atoms with Gasteiger partial charge >= 0.3 is 6.18 Å². The number of hydrogen-bond donors (Lipinski definition) is 2. The highest BCUT2D eigenvalue weighted by molar-refractivity contribution is 6.08. The highest BCUT2D eigenvalue weighted by atomic mass is 19.4. The van der Waals surface area contributed by atoms with Crippen LogP contribution in [0.25, 0.3) is 0 Å². The molecule has 1 amide bonds. The van der Waals surface area contributed by atoms with Crippen molar-refractivity contribution in [1.82, 2.24) is 9.78 Å². The fourth-order valence-electron chi connectivity index (χ4n) is 2.38. The Morgan fingerprint density at radius 1 is 1.08 bits per heavy atom. The fraction of sp³-hybridized carbons (Fsp3) is 0.111. The number of carbonyl (C=O) groups is 1. The first kappa shape index (κ1) is 17.5. The van der Waals surface area contributed by atoms with Crippen LogP contribution in [0, 0.1) is 0 Å². The van der Waals surface area contributed by atoms with Gasteiger partial charge in [-0.25, -0.2) is 0 Å². The van der Waals surface area contributed by atoms with Gasteiger partial charge in [0.2, 0.25) is 0 Å². The molecule has 26 heavy (non-hydrogen) atoms. The third kappa shape index (κ3) is 4.02. The lowest BCUT2D eigenvalue weighted by atomic mass is 10.1. The number of halogens is 3. The van der Waals surface area contributed by atoms with Crippen molar-refractivity contribution < 1.29 is 18.0 Å². The van der Waals surface area contributed by atoms with E-state index in [4.69, 9.17) is 0 Å². The fourth-order valence-corrected chi connectivity index (χ4v) is 2.38. The molecule has 0 atom stereocenters. The Hall–Kier alpha value is -3.29. The average molecular weight is 360 g/mol. The number of para-hydroxylation sites is 1. The Bertz CT molecular complexity index is 934. The SMILES string of the molecule is Cn1ccc(NC(=O)c2ccccc2Nc2cccc(C(F)(F)F)c2)n1. The number of nitrogens with one attached hydrogen (secondary N) is 2. The third-order valence-corrected chi connectivity index (χ3v) is 3.60. The summed E-state index contributed by atoms with van der Waals surface area (Å²) in [5.41, 5.74) is 0.145. The maximum atomic E-state index is 12.9. The Morgan fingerprint density at radius 2 is 1.85 bits per heavy atom. The lowest BCUT2D eigenvalue weighted by Gasteiger charge is -2.13. The lowest BCUT2D eigenvalue weighted by molar-refractivity contribution is -0.137. The Kier molecular flexibility index (Phi) is 4.66. The summed E-state index contributed by atoms with van der Waals surface area (Å²) < 4.78 is 40.1. The van der Waals surface area contributed by atoms with E-state index in [9.17, 15) is 18.0 Å². The molecule has 0 spiro atoms. The number of benzene rings is 2. The Balaban J connectivity index is 1.84. The minimum Gasteiger partial charge on any atom is -0.355 e. The van der Waals surface area contributed by atoms with E-state index in [1.54, 1.807) is 48.3 Å². The molecule has 2 aromatic carbocycles. The molecule has 0 radical (unpaired) electrons. The molecule has 0 aliphatic rings. The molecule has 134 valence electrons. The molecule has 0 saturated heterocycles. The van der Waals surface area contributed by atoms with E-state index in [1.807, 2.05) is 0 Å².